The molecule has 0 saturated carbocycles. The number of carbonyl (C=O) groups excluding carboxylic acids is 1. The highest BCUT2D eigenvalue weighted by Crippen LogP contribution is 2.42. The molecule has 0 unspecified atom stereocenters. The third-order valence-electron chi connectivity index (χ3n) is 8.21. The number of piperazine rings is 1. The Morgan fingerprint density at radius 3 is 2.72 bits per heavy atom. The van der Waals surface area contributed by atoms with Crippen LogP contribution < -0.4 is 10.1 Å². The van der Waals surface area contributed by atoms with Crippen molar-refractivity contribution in [3.8, 4) is 6.01 Å². The summed E-state index contributed by atoms with van der Waals surface area (Å²) >= 11 is 0. The number of aliphatic hydroxyl groups is 1. The molecule has 12 nitrogen and oxygen atoms in total. The number of carbonyl (C=O) groups is 1. The Morgan fingerprint density at radius 1 is 1.26 bits per heavy atom. The lowest BCUT2D eigenvalue weighted by Crippen LogP contribution is -2.63. The molecule has 3 aliphatic heterocycles. The molecule has 5 rings (SSSR count). The van der Waals surface area contributed by atoms with Gasteiger partial charge in [-0.15, -0.1) is 0 Å². The second-order valence-corrected chi connectivity index (χ2v) is 11.4. The van der Waals surface area contributed by atoms with E-state index in [1.165, 1.54) is 0 Å². The number of β-amino-alcohol motifs (C(OH)–C–C–N with tert-alkyl or cyclic N) is 1. The van der Waals surface area contributed by atoms with Crippen molar-refractivity contribution in [3.63, 3.8) is 0 Å². The van der Waals surface area contributed by atoms with Crippen molar-refractivity contribution in [3.05, 3.63) is 23.3 Å². The molecule has 3 N–H and O–H groups in total. The maximum absolute atomic E-state index is 14.5. The van der Waals surface area contributed by atoms with E-state index in [0.717, 1.165) is 17.5 Å². The molecule has 2 aromatic rings. The number of rotatable bonds is 6. The summed E-state index contributed by atoms with van der Waals surface area (Å²) in [5.74, 6) is -0.272. The lowest BCUT2D eigenvalue weighted by Gasteiger charge is -2.49. The lowest BCUT2D eigenvalue weighted by molar-refractivity contribution is -0.0934. The smallest absolute Gasteiger partial charge is 0.321 e. The molecule has 13 heteroatoms. The Bertz CT molecular complexity index is 1200. The first-order chi connectivity index (χ1) is 18.5. The zero-order valence-electron chi connectivity index (χ0n) is 23.3. The normalized spacial score (nSPS) is 24.5. The predicted octanol–water partition coefficient (Wildman–Crippen LogP) is 2.59. The highest BCUT2D eigenvalue weighted by Gasteiger charge is 2.47. The number of H-pyrrole nitrogens is 1. The first-order valence-corrected chi connectivity index (χ1v) is 13.6. The zero-order valence-corrected chi connectivity index (χ0v) is 23.3. The molecular formula is C26H39FN8O4. The number of hydrogen-bond acceptors (Lipinski definition) is 9. The van der Waals surface area contributed by atoms with Crippen molar-refractivity contribution >= 4 is 17.7 Å². The van der Waals surface area contributed by atoms with E-state index in [2.05, 4.69) is 44.2 Å². The van der Waals surface area contributed by atoms with Crippen LogP contribution in [-0.4, -0.2) is 103 Å². The zero-order chi connectivity index (χ0) is 27.9. The summed E-state index contributed by atoms with van der Waals surface area (Å²) in [5, 5.41) is 21.4. The van der Waals surface area contributed by atoms with Crippen LogP contribution in [0.15, 0.2) is 6.20 Å². The van der Waals surface area contributed by atoms with Crippen molar-refractivity contribution in [2.75, 3.05) is 44.8 Å². The molecule has 0 bridgehead atoms. The van der Waals surface area contributed by atoms with Gasteiger partial charge in [-0.2, -0.15) is 10.1 Å². The summed E-state index contributed by atoms with van der Waals surface area (Å²) < 4.78 is 25.2. The number of nitrogens with zero attached hydrogens (tertiary/aromatic N) is 6. The highest BCUT2D eigenvalue weighted by atomic mass is 19.1. The Morgan fingerprint density at radius 2 is 2.00 bits per heavy atom. The van der Waals surface area contributed by atoms with Gasteiger partial charge in [-0.1, -0.05) is 0 Å². The van der Waals surface area contributed by atoms with Gasteiger partial charge in [-0.3, -0.25) is 10.00 Å². The van der Waals surface area contributed by atoms with Gasteiger partial charge in [0.25, 0.3) is 0 Å². The molecule has 214 valence electrons. The molecule has 3 aliphatic rings. The number of aromatic amines is 1. The predicted molar refractivity (Wildman–Crippen MR) is 141 cm³/mol. The van der Waals surface area contributed by atoms with Crippen LogP contribution in [-0.2, 0) is 16.8 Å². The average Bonchev–Trinajstić information content (AvgIpc) is 3.41. The van der Waals surface area contributed by atoms with Crippen LogP contribution >= 0.6 is 0 Å². The second-order valence-electron chi connectivity index (χ2n) is 11.4. The highest BCUT2D eigenvalue weighted by molar-refractivity contribution is 5.78. The number of ether oxygens (including phenoxy) is 2. The van der Waals surface area contributed by atoms with E-state index in [0.29, 0.717) is 64.7 Å². The fourth-order valence-corrected chi connectivity index (χ4v) is 5.80. The van der Waals surface area contributed by atoms with E-state index in [9.17, 15) is 14.3 Å². The molecule has 0 spiro atoms. The van der Waals surface area contributed by atoms with Crippen LogP contribution in [0.25, 0.3) is 0 Å². The number of anilines is 2. The summed E-state index contributed by atoms with van der Waals surface area (Å²) in [7, 11) is 0. The molecule has 2 aromatic heterocycles. The SMILES string of the molecule is CCOc1ncc(F)c(Nc2n[nH]c3c2CN(C(=O)N2C[C@H](C)N(CC4(O)CCOCC4)C[C@@H]2C)C3(C)C)n1. The van der Waals surface area contributed by atoms with E-state index in [1.54, 1.807) is 6.92 Å². The van der Waals surface area contributed by atoms with Gasteiger partial charge in [0.15, 0.2) is 17.5 Å². The van der Waals surface area contributed by atoms with Crippen LogP contribution in [0.2, 0.25) is 0 Å². The fraction of sp³-hybridized carbons (Fsp3) is 0.692. The molecule has 2 fully saturated rings. The summed E-state index contributed by atoms with van der Waals surface area (Å²) in [4.78, 5) is 27.9. The minimum atomic E-state index is -0.749. The molecule has 2 atom stereocenters. The quantitative estimate of drug-likeness (QED) is 0.500. The van der Waals surface area contributed by atoms with Crippen molar-refractivity contribution < 1.29 is 23.8 Å². The molecule has 0 aromatic carbocycles. The third-order valence-corrected chi connectivity index (χ3v) is 8.21. The summed E-state index contributed by atoms with van der Waals surface area (Å²) in [6.45, 7) is 13.5. The molecular weight excluding hydrogens is 507 g/mol. The molecule has 2 saturated heterocycles. The van der Waals surface area contributed by atoms with E-state index in [1.807, 2.05) is 23.6 Å². The molecule has 2 amide bonds. The second kappa shape index (κ2) is 10.5. The number of aromatic nitrogens is 4. The van der Waals surface area contributed by atoms with E-state index >= 15 is 0 Å². The van der Waals surface area contributed by atoms with Gasteiger partial charge in [-0.05, 0) is 34.6 Å². The van der Waals surface area contributed by atoms with Crippen molar-refractivity contribution in [1.29, 1.82) is 0 Å². The lowest BCUT2D eigenvalue weighted by atomic mass is 9.92. The third kappa shape index (κ3) is 5.27. The Balaban J connectivity index is 1.29. The number of nitrogens with one attached hydrogen (secondary N) is 2. The van der Waals surface area contributed by atoms with Crippen LogP contribution in [0.1, 0.15) is 58.7 Å². The Hall–Kier alpha value is -3.03. The van der Waals surface area contributed by atoms with Gasteiger partial charge < -0.3 is 29.7 Å². The number of urea groups is 1. The van der Waals surface area contributed by atoms with E-state index in [-0.39, 0.29) is 29.9 Å². The minimum Gasteiger partial charge on any atom is -0.464 e. The molecule has 0 radical (unpaired) electrons. The summed E-state index contributed by atoms with van der Waals surface area (Å²) in [6, 6.07) is 0.0671. The largest absolute Gasteiger partial charge is 0.464 e. The van der Waals surface area contributed by atoms with Gasteiger partial charge in [0.2, 0.25) is 0 Å². The number of halogens is 1. The van der Waals surface area contributed by atoms with Crippen molar-refractivity contribution in [1.82, 2.24) is 34.9 Å². The van der Waals surface area contributed by atoms with Crippen LogP contribution in [0.5, 0.6) is 6.01 Å². The molecule has 0 aliphatic carbocycles. The fourth-order valence-electron chi connectivity index (χ4n) is 5.80. The van der Waals surface area contributed by atoms with Crippen LogP contribution in [0.3, 0.4) is 0 Å². The van der Waals surface area contributed by atoms with Crippen LogP contribution in [0, 0.1) is 5.82 Å². The standard InChI is InChI=1S/C26H39FN8O4/c1-6-39-23-28-11-19(27)22(30-23)29-21-18-14-35(25(4,5)20(18)31-32-21)24(36)34-13-16(2)33(12-17(34)3)15-26(37)7-9-38-10-8-26/h11,16-17,37H,6-10,12-15H2,1-5H3,(H2,28,29,30,31,32)/t16-,17-/m0/s1. The van der Waals surface area contributed by atoms with Crippen molar-refractivity contribution in [2.45, 2.75) is 77.2 Å². The van der Waals surface area contributed by atoms with E-state index < -0.39 is 17.0 Å². The van der Waals surface area contributed by atoms with Crippen LogP contribution in [0.4, 0.5) is 20.8 Å². The van der Waals surface area contributed by atoms with E-state index in [4.69, 9.17) is 9.47 Å². The molecule has 39 heavy (non-hydrogen) atoms. The Kier molecular flexibility index (Phi) is 7.42. The van der Waals surface area contributed by atoms with Crippen molar-refractivity contribution in [2.24, 2.45) is 0 Å². The first kappa shape index (κ1) is 27.5. The monoisotopic (exact) mass is 546 g/mol. The van der Waals surface area contributed by atoms with Gasteiger partial charge >= 0.3 is 12.0 Å². The summed E-state index contributed by atoms with van der Waals surface area (Å²) in [6.07, 6.45) is 2.31. The van der Waals surface area contributed by atoms with Gasteiger partial charge in [0.1, 0.15) is 0 Å². The van der Waals surface area contributed by atoms with Gasteiger partial charge in [-0.25, -0.2) is 14.2 Å². The first-order valence-electron chi connectivity index (χ1n) is 13.6. The maximum Gasteiger partial charge on any atom is 0.321 e. The minimum absolute atomic E-state index is 0.0327. The number of hydrogen-bond donors (Lipinski definition) is 3. The van der Waals surface area contributed by atoms with Gasteiger partial charge in [0, 0.05) is 63.3 Å². The summed E-state index contributed by atoms with van der Waals surface area (Å²) in [5.41, 5.74) is 0.169. The molecule has 5 heterocycles. The van der Waals surface area contributed by atoms with Gasteiger partial charge in [0.05, 0.1) is 36.2 Å². The average molecular weight is 547 g/mol. The topological polar surface area (TPSA) is 132 Å². The number of fused-ring (bicyclic) bond motifs is 1. The number of amides is 2. The maximum atomic E-state index is 14.5. The Labute approximate surface area is 227 Å².